The third-order valence-corrected chi connectivity index (χ3v) is 6.41. The van der Waals surface area contributed by atoms with Crippen molar-refractivity contribution in [3.05, 3.63) is 96.8 Å². The van der Waals surface area contributed by atoms with Gasteiger partial charge in [0, 0.05) is 10.6 Å². The van der Waals surface area contributed by atoms with Gasteiger partial charge in [-0.25, -0.2) is 0 Å². The zero-order valence-electron chi connectivity index (χ0n) is 17.9. The normalized spacial score (nSPS) is 10.7. The lowest BCUT2D eigenvalue weighted by Crippen LogP contribution is -2.14. The van der Waals surface area contributed by atoms with Crippen molar-refractivity contribution in [1.29, 1.82) is 0 Å². The van der Waals surface area contributed by atoms with Gasteiger partial charge in [-0.1, -0.05) is 66.4 Å². The van der Waals surface area contributed by atoms with Gasteiger partial charge in [0.25, 0.3) is 0 Å². The van der Waals surface area contributed by atoms with Crippen molar-refractivity contribution in [2.75, 3.05) is 19.0 Å². The Morgan fingerprint density at radius 2 is 1.45 bits per heavy atom. The van der Waals surface area contributed by atoms with Crippen LogP contribution in [0.2, 0.25) is 0 Å². The van der Waals surface area contributed by atoms with Crippen LogP contribution in [0.4, 0.5) is 0 Å². The third kappa shape index (κ3) is 6.87. The van der Waals surface area contributed by atoms with Crippen LogP contribution in [-0.2, 0) is 15.3 Å². The molecule has 33 heavy (non-hydrogen) atoms. The third-order valence-electron chi connectivity index (χ3n) is 4.50. The van der Waals surface area contributed by atoms with Gasteiger partial charge in [0.1, 0.15) is 24.8 Å². The van der Waals surface area contributed by atoms with E-state index in [4.69, 9.17) is 9.47 Å². The van der Waals surface area contributed by atoms with Crippen molar-refractivity contribution < 1.29 is 14.3 Å². The molecule has 0 amide bonds. The molecule has 0 bridgehead atoms. The lowest BCUT2D eigenvalue weighted by molar-refractivity contribution is -0.141. The van der Waals surface area contributed by atoms with Crippen molar-refractivity contribution in [3.8, 4) is 11.4 Å². The molecule has 0 saturated heterocycles. The number of ether oxygens (including phenoxy) is 2. The van der Waals surface area contributed by atoms with Gasteiger partial charge in [0.2, 0.25) is 0 Å². The number of hydrogen-bond acceptors (Lipinski definition) is 7. The molecule has 0 radical (unpaired) electrons. The quantitative estimate of drug-likeness (QED) is 0.166. The van der Waals surface area contributed by atoms with Gasteiger partial charge in [-0.05, 0) is 36.4 Å². The Labute approximate surface area is 201 Å². The molecular weight excluding hydrogens is 454 g/mol. The predicted molar refractivity (Wildman–Crippen MR) is 131 cm³/mol. The largest absolute Gasteiger partial charge is 0.490 e. The molecule has 0 atom stereocenters. The smallest absolute Gasteiger partial charge is 0.316 e. The summed E-state index contributed by atoms with van der Waals surface area (Å²) in [6, 6.07) is 29.5. The molecule has 6 nitrogen and oxygen atoms in total. The highest BCUT2D eigenvalue weighted by atomic mass is 32.2. The van der Waals surface area contributed by atoms with Gasteiger partial charge < -0.3 is 9.47 Å². The molecule has 0 spiro atoms. The first kappa shape index (κ1) is 22.9. The topological polar surface area (TPSA) is 66.2 Å². The second kappa shape index (κ2) is 12.1. The van der Waals surface area contributed by atoms with E-state index in [9.17, 15) is 4.79 Å². The lowest BCUT2D eigenvalue weighted by atomic mass is 10.3. The van der Waals surface area contributed by atoms with E-state index >= 15 is 0 Å². The molecule has 0 unspecified atom stereocenters. The van der Waals surface area contributed by atoms with Gasteiger partial charge >= 0.3 is 5.97 Å². The number of carbonyl (C=O) groups excluding carboxylic acids is 1. The zero-order chi connectivity index (χ0) is 22.7. The number of nitrogens with zero attached hydrogens (tertiary/aromatic N) is 3. The summed E-state index contributed by atoms with van der Waals surface area (Å²) in [5.41, 5.74) is 0.957. The number of aromatic nitrogens is 3. The number of esters is 1. The van der Waals surface area contributed by atoms with Gasteiger partial charge in [-0.15, -0.1) is 22.0 Å². The Morgan fingerprint density at radius 1 is 0.788 bits per heavy atom. The summed E-state index contributed by atoms with van der Waals surface area (Å²) in [6.07, 6.45) is 0. The number of rotatable bonds is 11. The summed E-state index contributed by atoms with van der Waals surface area (Å²) in [5.74, 6) is 2.05. The van der Waals surface area contributed by atoms with Crippen LogP contribution in [0.15, 0.2) is 101 Å². The molecular formula is C25H23N3O3S2. The van der Waals surface area contributed by atoms with Crippen molar-refractivity contribution in [2.45, 2.75) is 15.8 Å². The summed E-state index contributed by atoms with van der Waals surface area (Å²) < 4.78 is 12.8. The molecule has 0 saturated carbocycles. The van der Waals surface area contributed by atoms with Crippen LogP contribution in [0.25, 0.3) is 5.69 Å². The van der Waals surface area contributed by atoms with E-state index in [0.717, 1.165) is 22.2 Å². The molecule has 4 aromatic rings. The number of benzene rings is 3. The SMILES string of the molecule is O=C(CSc1nnc(CSc2ccccc2)n1-c1ccccc1)OCCOc1ccccc1. The minimum Gasteiger partial charge on any atom is -0.490 e. The Balaban J connectivity index is 1.34. The summed E-state index contributed by atoms with van der Waals surface area (Å²) >= 11 is 3.01. The van der Waals surface area contributed by atoms with Crippen LogP contribution < -0.4 is 4.74 Å². The second-order valence-electron chi connectivity index (χ2n) is 6.84. The molecule has 8 heteroatoms. The Morgan fingerprint density at radius 3 is 2.18 bits per heavy atom. The fourth-order valence-electron chi connectivity index (χ4n) is 2.99. The number of para-hydroxylation sites is 2. The second-order valence-corrected chi connectivity index (χ2v) is 8.83. The maximum absolute atomic E-state index is 12.2. The molecule has 0 aliphatic carbocycles. The maximum Gasteiger partial charge on any atom is 0.316 e. The molecule has 4 rings (SSSR count). The van der Waals surface area contributed by atoms with Crippen molar-refractivity contribution in [2.24, 2.45) is 0 Å². The Bertz CT molecular complexity index is 1140. The maximum atomic E-state index is 12.2. The van der Waals surface area contributed by atoms with Crippen molar-refractivity contribution >= 4 is 29.5 Å². The Hall–Kier alpha value is -3.23. The molecule has 0 N–H and O–H groups in total. The van der Waals surface area contributed by atoms with Crippen LogP contribution >= 0.6 is 23.5 Å². The lowest BCUT2D eigenvalue weighted by Gasteiger charge is -2.10. The van der Waals surface area contributed by atoms with E-state index in [0.29, 0.717) is 17.5 Å². The fraction of sp³-hybridized carbons (Fsp3) is 0.160. The highest BCUT2D eigenvalue weighted by Crippen LogP contribution is 2.27. The molecule has 0 fully saturated rings. The minimum atomic E-state index is -0.320. The zero-order valence-corrected chi connectivity index (χ0v) is 19.5. The predicted octanol–water partition coefficient (Wildman–Crippen LogP) is 5.27. The van der Waals surface area contributed by atoms with Crippen LogP contribution in [-0.4, -0.2) is 39.7 Å². The Kier molecular flexibility index (Phi) is 8.43. The minimum absolute atomic E-state index is 0.141. The standard InChI is InChI=1S/C25H23N3O3S2/c29-24(31-17-16-30-21-12-6-2-7-13-21)19-33-25-27-26-23(18-32-22-14-8-3-9-15-22)28(25)20-10-4-1-5-11-20/h1-15H,16-19H2. The first-order valence-electron chi connectivity index (χ1n) is 10.4. The first-order valence-corrected chi connectivity index (χ1v) is 12.4. The van der Waals surface area contributed by atoms with Crippen molar-refractivity contribution in [3.63, 3.8) is 0 Å². The summed E-state index contributed by atoms with van der Waals surface area (Å²) in [4.78, 5) is 13.4. The van der Waals surface area contributed by atoms with Crippen LogP contribution in [0.3, 0.4) is 0 Å². The van der Waals surface area contributed by atoms with E-state index in [1.54, 1.807) is 11.8 Å². The van der Waals surface area contributed by atoms with Crippen LogP contribution in [0.5, 0.6) is 5.75 Å². The molecule has 3 aromatic carbocycles. The van der Waals surface area contributed by atoms with Gasteiger partial charge in [-0.3, -0.25) is 9.36 Å². The van der Waals surface area contributed by atoms with E-state index in [1.165, 1.54) is 11.8 Å². The summed E-state index contributed by atoms with van der Waals surface area (Å²) in [6.45, 7) is 0.500. The fourth-order valence-corrected chi connectivity index (χ4v) is 4.59. The van der Waals surface area contributed by atoms with E-state index in [-0.39, 0.29) is 18.3 Å². The van der Waals surface area contributed by atoms with E-state index < -0.39 is 0 Å². The van der Waals surface area contributed by atoms with E-state index in [2.05, 4.69) is 22.3 Å². The van der Waals surface area contributed by atoms with Crippen LogP contribution in [0.1, 0.15) is 5.82 Å². The molecule has 1 aromatic heterocycles. The average Bonchev–Trinajstić information content (AvgIpc) is 3.29. The number of thioether (sulfide) groups is 2. The monoisotopic (exact) mass is 477 g/mol. The molecule has 1 heterocycles. The number of carbonyl (C=O) groups is 1. The molecule has 168 valence electrons. The molecule has 0 aliphatic heterocycles. The molecule has 0 aliphatic rings. The average molecular weight is 478 g/mol. The number of hydrogen-bond donors (Lipinski definition) is 0. The highest BCUT2D eigenvalue weighted by Gasteiger charge is 2.16. The summed E-state index contributed by atoms with van der Waals surface area (Å²) in [5, 5.41) is 9.39. The first-order chi connectivity index (χ1) is 16.3. The van der Waals surface area contributed by atoms with E-state index in [1.807, 2.05) is 83.4 Å². The summed E-state index contributed by atoms with van der Waals surface area (Å²) in [7, 11) is 0. The van der Waals surface area contributed by atoms with Gasteiger partial charge in [0.05, 0.1) is 11.5 Å². The van der Waals surface area contributed by atoms with Crippen molar-refractivity contribution in [1.82, 2.24) is 14.8 Å². The van der Waals surface area contributed by atoms with Gasteiger partial charge in [0.15, 0.2) is 5.16 Å². The van der Waals surface area contributed by atoms with Crippen LogP contribution in [0, 0.1) is 0 Å². The van der Waals surface area contributed by atoms with Gasteiger partial charge in [-0.2, -0.15) is 0 Å². The highest BCUT2D eigenvalue weighted by molar-refractivity contribution is 7.99.